The predicted octanol–water partition coefficient (Wildman–Crippen LogP) is 4.27. The predicted molar refractivity (Wildman–Crippen MR) is 111 cm³/mol. The van der Waals surface area contributed by atoms with Crippen molar-refractivity contribution in [3.05, 3.63) is 59.1 Å². The van der Waals surface area contributed by atoms with Gasteiger partial charge in [0, 0.05) is 29.5 Å². The van der Waals surface area contributed by atoms with Crippen molar-refractivity contribution in [2.45, 2.75) is 19.3 Å². The van der Waals surface area contributed by atoms with E-state index in [1.54, 1.807) is 25.3 Å². The van der Waals surface area contributed by atoms with E-state index in [1.165, 1.54) is 0 Å². The van der Waals surface area contributed by atoms with Crippen molar-refractivity contribution in [1.29, 1.82) is 0 Å². The lowest BCUT2D eigenvalue weighted by atomic mass is 9.89. The number of ketones is 1. The topological polar surface area (TPSA) is 58.6 Å². The number of likely N-dealkylation sites (tertiary alicyclic amines) is 1. The Morgan fingerprint density at radius 3 is 2.54 bits per heavy atom. The lowest BCUT2D eigenvalue weighted by Gasteiger charge is -2.31. The van der Waals surface area contributed by atoms with E-state index in [0.29, 0.717) is 29.4 Å². The minimum atomic E-state index is -0.0805. The monoisotopic (exact) mass is 400 g/mol. The second kappa shape index (κ2) is 9.71. The van der Waals surface area contributed by atoms with Crippen LogP contribution in [-0.2, 0) is 4.79 Å². The number of piperidine rings is 1. The maximum absolute atomic E-state index is 12.6. The highest BCUT2D eigenvalue weighted by molar-refractivity contribution is 6.31. The van der Waals surface area contributed by atoms with Crippen molar-refractivity contribution in [2.75, 3.05) is 32.1 Å². The van der Waals surface area contributed by atoms with Crippen LogP contribution in [0.25, 0.3) is 0 Å². The normalized spacial score (nSPS) is 15.2. The van der Waals surface area contributed by atoms with Gasteiger partial charge in [0.05, 0.1) is 12.8 Å². The molecule has 28 heavy (non-hydrogen) atoms. The van der Waals surface area contributed by atoms with Crippen molar-refractivity contribution in [3.63, 3.8) is 0 Å². The van der Waals surface area contributed by atoms with Crippen molar-refractivity contribution in [1.82, 2.24) is 4.90 Å². The zero-order valence-corrected chi connectivity index (χ0v) is 16.7. The highest BCUT2D eigenvalue weighted by Gasteiger charge is 2.25. The smallest absolute Gasteiger partial charge is 0.225 e. The van der Waals surface area contributed by atoms with Crippen LogP contribution in [0.1, 0.15) is 29.6 Å². The summed E-state index contributed by atoms with van der Waals surface area (Å²) in [5.74, 6) is 0.801. The number of carbonyl (C=O) groups is 2. The number of anilines is 1. The van der Waals surface area contributed by atoms with Gasteiger partial charge in [0.15, 0.2) is 5.78 Å². The average molecular weight is 401 g/mol. The van der Waals surface area contributed by atoms with Crippen LogP contribution in [0.4, 0.5) is 5.69 Å². The Balaban J connectivity index is 1.45. The number of Topliss-reactive ketones (excluding diaryl/α,β-unsaturated/α-hetero) is 1. The van der Waals surface area contributed by atoms with Crippen molar-refractivity contribution < 1.29 is 14.3 Å². The lowest BCUT2D eigenvalue weighted by Crippen LogP contribution is -2.38. The third-order valence-electron chi connectivity index (χ3n) is 5.11. The summed E-state index contributed by atoms with van der Waals surface area (Å²) in [6.07, 6.45) is 2.04. The first kappa shape index (κ1) is 20.4. The van der Waals surface area contributed by atoms with Gasteiger partial charge in [-0.1, -0.05) is 41.9 Å². The fraction of sp³-hybridized carbons (Fsp3) is 0.364. The van der Waals surface area contributed by atoms with Crippen LogP contribution in [0.15, 0.2) is 48.5 Å². The molecule has 1 aliphatic rings. The maximum atomic E-state index is 12.6. The third kappa shape index (κ3) is 5.33. The fourth-order valence-corrected chi connectivity index (χ4v) is 3.68. The Morgan fingerprint density at radius 1 is 1.14 bits per heavy atom. The minimum Gasteiger partial charge on any atom is -0.495 e. The molecule has 1 heterocycles. The Labute approximate surface area is 170 Å². The maximum Gasteiger partial charge on any atom is 0.225 e. The molecule has 0 radical (unpaired) electrons. The first-order valence-corrected chi connectivity index (χ1v) is 9.89. The summed E-state index contributed by atoms with van der Waals surface area (Å²) in [4.78, 5) is 27.1. The van der Waals surface area contributed by atoms with Crippen LogP contribution in [0.2, 0.25) is 5.02 Å². The fourth-order valence-electron chi connectivity index (χ4n) is 3.51. The van der Waals surface area contributed by atoms with Crippen LogP contribution in [0.5, 0.6) is 5.75 Å². The molecule has 0 saturated carbocycles. The molecule has 0 atom stereocenters. The molecule has 2 aromatic carbocycles. The number of methoxy groups -OCH3 is 1. The van der Waals surface area contributed by atoms with Crippen LogP contribution < -0.4 is 10.1 Å². The van der Waals surface area contributed by atoms with Crippen LogP contribution in [-0.4, -0.2) is 43.3 Å². The molecule has 1 fully saturated rings. The first-order chi connectivity index (χ1) is 13.6. The van der Waals surface area contributed by atoms with Gasteiger partial charge in [0.2, 0.25) is 5.91 Å². The number of rotatable bonds is 7. The molecule has 0 aliphatic carbocycles. The largest absolute Gasteiger partial charge is 0.495 e. The summed E-state index contributed by atoms with van der Waals surface area (Å²) in [6, 6.07) is 14.6. The van der Waals surface area contributed by atoms with E-state index >= 15 is 0 Å². The van der Waals surface area contributed by atoms with Crippen LogP contribution in [0, 0.1) is 5.92 Å². The molecule has 0 aromatic heterocycles. The number of amides is 1. The highest BCUT2D eigenvalue weighted by atomic mass is 35.5. The number of carbonyl (C=O) groups excluding carboxylic acids is 2. The van der Waals surface area contributed by atoms with Gasteiger partial charge in [-0.3, -0.25) is 9.59 Å². The number of nitrogens with zero attached hydrogens (tertiary/aromatic N) is 1. The van der Waals surface area contributed by atoms with E-state index in [0.717, 1.165) is 31.5 Å². The van der Waals surface area contributed by atoms with Gasteiger partial charge >= 0.3 is 0 Å². The zero-order valence-electron chi connectivity index (χ0n) is 16.0. The lowest BCUT2D eigenvalue weighted by molar-refractivity contribution is -0.116. The van der Waals surface area contributed by atoms with Crippen LogP contribution >= 0.6 is 11.6 Å². The van der Waals surface area contributed by atoms with Crippen molar-refractivity contribution in [3.8, 4) is 5.75 Å². The van der Waals surface area contributed by atoms with Gasteiger partial charge in [-0.25, -0.2) is 0 Å². The molecule has 1 saturated heterocycles. The molecule has 6 heteroatoms. The summed E-state index contributed by atoms with van der Waals surface area (Å²) in [5, 5.41) is 3.40. The Bertz CT molecular complexity index is 818. The molecule has 1 amide bonds. The van der Waals surface area contributed by atoms with E-state index in [1.807, 2.05) is 30.3 Å². The number of hydrogen-bond acceptors (Lipinski definition) is 4. The molecule has 3 rings (SSSR count). The Hall–Kier alpha value is -2.37. The first-order valence-electron chi connectivity index (χ1n) is 9.52. The van der Waals surface area contributed by atoms with E-state index in [4.69, 9.17) is 16.3 Å². The zero-order chi connectivity index (χ0) is 19.9. The number of ether oxygens (including phenoxy) is 1. The average Bonchev–Trinajstić information content (AvgIpc) is 2.73. The Kier molecular flexibility index (Phi) is 7.06. The van der Waals surface area contributed by atoms with Gasteiger partial charge in [-0.15, -0.1) is 0 Å². The molecule has 5 nitrogen and oxygen atoms in total. The van der Waals surface area contributed by atoms with Gasteiger partial charge in [0.25, 0.3) is 0 Å². The second-order valence-corrected chi connectivity index (χ2v) is 7.43. The van der Waals surface area contributed by atoms with E-state index in [-0.39, 0.29) is 17.6 Å². The van der Waals surface area contributed by atoms with Gasteiger partial charge in [0.1, 0.15) is 5.75 Å². The molecule has 2 aromatic rings. The standard InChI is InChI=1S/C22H25ClN2O3/c1-28-20-8-7-18(23)15-19(20)24-21(26)11-14-25-12-9-17(10-13-25)22(27)16-5-3-2-4-6-16/h2-8,15,17H,9-14H2,1H3,(H,24,26). The van der Waals surface area contributed by atoms with E-state index in [2.05, 4.69) is 10.2 Å². The van der Waals surface area contributed by atoms with Crippen molar-refractivity contribution in [2.24, 2.45) is 5.92 Å². The SMILES string of the molecule is COc1ccc(Cl)cc1NC(=O)CCN1CCC(C(=O)c2ccccc2)CC1. The molecular weight excluding hydrogens is 376 g/mol. The molecule has 148 valence electrons. The number of benzene rings is 2. The van der Waals surface area contributed by atoms with Gasteiger partial charge in [-0.2, -0.15) is 0 Å². The quantitative estimate of drug-likeness (QED) is 0.705. The number of nitrogens with one attached hydrogen (secondary N) is 1. The summed E-state index contributed by atoms with van der Waals surface area (Å²) >= 11 is 6.00. The molecule has 0 unspecified atom stereocenters. The summed E-state index contributed by atoms with van der Waals surface area (Å²) < 4.78 is 5.25. The summed E-state index contributed by atoms with van der Waals surface area (Å²) in [6.45, 7) is 2.33. The Morgan fingerprint density at radius 2 is 1.86 bits per heavy atom. The molecule has 1 aliphatic heterocycles. The second-order valence-electron chi connectivity index (χ2n) is 6.99. The van der Waals surface area contributed by atoms with Crippen LogP contribution in [0.3, 0.4) is 0 Å². The number of hydrogen-bond donors (Lipinski definition) is 1. The molecule has 0 bridgehead atoms. The molecule has 1 N–H and O–H groups in total. The van der Waals surface area contributed by atoms with Gasteiger partial charge < -0.3 is 15.0 Å². The summed E-state index contributed by atoms with van der Waals surface area (Å²) in [5.41, 5.74) is 1.36. The van der Waals surface area contributed by atoms with Crippen molar-refractivity contribution >= 4 is 29.0 Å². The molecular formula is C22H25ClN2O3. The third-order valence-corrected chi connectivity index (χ3v) is 5.34. The van der Waals surface area contributed by atoms with Gasteiger partial charge in [-0.05, 0) is 44.1 Å². The minimum absolute atomic E-state index is 0.0724. The van der Waals surface area contributed by atoms with E-state index < -0.39 is 0 Å². The number of halogens is 1. The summed E-state index contributed by atoms with van der Waals surface area (Å²) in [7, 11) is 1.56. The van der Waals surface area contributed by atoms with E-state index in [9.17, 15) is 9.59 Å². The highest BCUT2D eigenvalue weighted by Crippen LogP contribution is 2.28. The molecule has 0 spiro atoms.